The van der Waals surface area contributed by atoms with Gasteiger partial charge in [0.15, 0.2) is 0 Å². The molecule has 0 saturated heterocycles. The van der Waals surface area contributed by atoms with Gasteiger partial charge in [-0.1, -0.05) is 57.7 Å². The van der Waals surface area contributed by atoms with Crippen LogP contribution in [0.2, 0.25) is 0 Å². The lowest BCUT2D eigenvalue weighted by Gasteiger charge is -2.19. The SMILES string of the molecule is CCCCCCC(CC)OP(O)Oc1ccccc1. The largest absolute Gasteiger partial charge is 0.427 e. The van der Waals surface area contributed by atoms with Gasteiger partial charge in [-0.3, -0.25) is 4.52 Å². The number of benzene rings is 1. The van der Waals surface area contributed by atoms with Crippen LogP contribution in [-0.2, 0) is 4.52 Å². The summed E-state index contributed by atoms with van der Waals surface area (Å²) < 4.78 is 11.0. The number of unbranched alkanes of at least 4 members (excludes halogenated alkanes) is 3. The molecule has 3 nitrogen and oxygen atoms in total. The molecule has 0 heterocycles. The van der Waals surface area contributed by atoms with Crippen LogP contribution < -0.4 is 4.52 Å². The second-order valence-corrected chi connectivity index (χ2v) is 5.50. The number of rotatable bonds is 10. The molecule has 0 spiro atoms. The highest BCUT2D eigenvalue weighted by atomic mass is 31.2. The van der Waals surface area contributed by atoms with Crippen LogP contribution in [0.15, 0.2) is 30.3 Å². The topological polar surface area (TPSA) is 38.7 Å². The highest BCUT2D eigenvalue weighted by Crippen LogP contribution is 2.37. The molecule has 19 heavy (non-hydrogen) atoms. The van der Waals surface area contributed by atoms with Crippen molar-refractivity contribution in [2.45, 2.75) is 58.5 Å². The van der Waals surface area contributed by atoms with Gasteiger partial charge >= 0.3 is 8.60 Å². The van der Waals surface area contributed by atoms with Crippen LogP contribution in [0.3, 0.4) is 0 Å². The van der Waals surface area contributed by atoms with Crippen molar-refractivity contribution < 1.29 is 13.9 Å². The summed E-state index contributed by atoms with van der Waals surface area (Å²) in [6.45, 7) is 4.28. The van der Waals surface area contributed by atoms with Crippen LogP contribution >= 0.6 is 8.60 Å². The zero-order valence-electron chi connectivity index (χ0n) is 11.9. The third-order valence-corrected chi connectivity index (χ3v) is 3.85. The van der Waals surface area contributed by atoms with Crippen molar-refractivity contribution in [2.75, 3.05) is 0 Å². The normalized spacial score (nSPS) is 14.1. The minimum atomic E-state index is -1.83. The van der Waals surface area contributed by atoms with Crippen molar-refractivity contribution in [1.29, 1.82) is 0 Å². The van der Waals surface area contributed by atoms with Gasteiger partial charge in [0.05, 0.1) is 6.10 Å². The van der Waals surface area contributed by atoms with E-state index in [-0.39, 0.29) is 6.10 Å². The lowest BCUT2D eigenvalue weighted by molar-refractivity contribution is 0.158. The molecule has 0 aliphatic carbocycles. The van der Waals surface area contributed by atoms with Gasteiger partial charge in [0.25, 0.3) is 0 Å². The minimum absolute atomic E-state index is 0.0941. The first-order chi connectivity index (χ1) is 9.26. The predicted octanol–water partition coefficient (Wildman–Crippen LogP) is 5.05. The molecular formula is C15H25O3P. The average molecular weight is 284 g/mol. The van der Waals surface area contributed by atoms with E-state index in [4.69, 9.17) is 9.05 Å². The summed E-state index contributed by atoms with van der Waals surface area (Å²) in [5, 5.41) is 0. The van der Waals surface area contributed by atoms with E-state index >= 15 is 0 Å². The van der Waals surface area contributed by atoms with Gasteiger partial charge in [0.1, 0.15) is 5.75 Å². The van der Waals surface area contributed by atoms with Crippen LogP contribution in [0.25, 0.3) is 0 Å². The van der Waals surface area contributed by atoms with E-state index in [1.165, 1.54) is 19.3 Å². The molecule has 108 valence electrons. The number of hydrogen-bond acceptors (Lipinski definition) is 3. The maximum Gasteiger partial charge on any atom is 0.394 e. The van der Waals surface area contributed by atoms with Crippen LogP contribution in [0.5, 0.6) is 5.75 Å². The van der Waals surface area contributed by atoms with Gasteiger partial charge in [-0.15, -0.1) is 0 Å². The average Bonchev–Trinajstić information content (AvgIpc) is 2.43. The molecule has 0 saturated carbocycles. The van der Waals surface area contributed by atoms with E-state index in [1.54, 1.807) is 0 Å². The summed E-state index contributed by atoms with van der Waals surface area (Å²) in [4.78, 5) is 9.83. The second kappa shape index (κ2) is 10.2. The maximum absolute atomic E-state index is 9.83. The Morgan fingerprint density at radius 1 is 1.11 bits per heavy atom. The van der Waals surface area contributed by atoms with Crippen LogP contribution in [0, 0.1) is 0 Å². The van der Waals surface area contributed by atoms with Crippen LogP contribution in [-0.4, -0.2) is 11.0 Å². The molecule has 0 aliphatic heterocycles. The molecule has 0 aliphatic rings. The summed E-state index contributed by atoms with van der Waals surface area (Å²) in [5.74, 6) is 0.650. The number of hydrogen-bond donors (Lipinski definition) is 1. The Kier molecular flexibility index (Phi) is 8.81. The first kappa shape index (κ1) is 16.4. The molecular weight excluding hydrogens is 259 g/mol. The Morgan fingerprint density at radius 2 is 1.84 bits per heavy atom. The van der Waals surface area contributed by atoms with E-state index in [1.807, 2.05) is 30.3 Å². The summed E-state index contributed by atoms with van der Waals surface area (Å²) in [6.07, 6.45) is 6.89. The molecule has 0 bridgehead atoms. The lowest BCUT2D eigenvalue weighted by Crippen LogP contribution is -2.10. The minimum Gasteiger partial charge on any atom is -0.427 e. The standard InChI is InChI=1S/C15H25O3P/c1-3-5-6-8-11-14(4-2)17-19(16)18-15-12-9-7-10-13-15/h7,9-10,12-14,16H,3-6,8,11H2,1-2H3. The summed E-state index contributed by atoms with van der Waals surface area (Å²) in [6, 6.07) is 9.30. The lowest BCUT2D eigenvalue weighted by atomic mass is 10.1. The molecule has 0 radical (unpaired) electrons. The molecule has 4 heteroatoms. The van der Waals surface area contributed by atoms with E-state index in [0.717, 1.165) is 19.3 Å². The number of para-hydroxylation sites is 1. The third kappa shape index (κ3) is 7.51. The summed E-state index contributed by atoms with van der Waals surface area (Å²) >= 11 is 0. The van der Waals surface area contributed by atoms with Crippen molar-refractivity contribution >= 4 is 8.60 Å². The van der Waals surface area contributed by atoms with E-state index < -0.39 is 8.60 Å². The first-order valence-electron chi connectivity index (χ1n) is 7.15. The van der Waals surface area contributed by atoms with Gasteiger partial charge in [-0.05, 0) is 25.0 Å². The van der Waals surface area contributed by atoms with Crippen molar-refractivity contribution in [2.24, 2.45) is 0 Å². The highest BCUT2D eigenvalue weighted by molar-refractivity contribution is 7.41. The molecule has 0 amide bonds. The first-order valence-corrected chi connectivity index (χ1v) is 8.28. The fourth-order valence-corrected chi connectivity index (χ4v) is 2.71. The predicted molar refractivity (Wildman–Crippen MR) is 80.1 cm³/mol. The zero-order valence-corrected chi connectivity index (χ0v) is 12.8. The van der Waals surface area contributed by atoms with Gasteiger partial charge in [-0.2, -0.15) is 0 Å². The quantitative estimate of drug-likeness (QED) is 0.482. The van der Waals surface area contributed by atoms with Crippen molar-refractivity contribution in [3.8, 4) is 5.75 Å². The van der Waals surface area contributed by atoms with Crippen molar-refractivity contribution in [3.05, 3.63) is 30.3 Å². The molecule has 0 fully saturated rings. The zero-order chi connectivity index (χ0) is 13.9. The van der Waals surface area contributed by atoms with Crippen LogP contribution in [0.1, 0.15) is 52.4 Å². The van der Waals surface area contributed by atoms with Crippen molar-refractivity contribution in [3.63, 3.8) is 0 Å². The molecule has 1 N–H and O–H groups in total. The van der Waals surface area contributed by atoms with Gasteiger partial charge in [0, 0.05) is 0 Å². The Hall–Kier alpha value is -0.630. The fraction of sp³-hybridized carbons (Fsp3) is 0.600. The van der Waals surface area contributed by atoms with Gasteiger partial charge in [-0.25, -0.2) is 0 Å². The van der Waals surface area contributed by atoms with E-state index in [0.29, 0.717) is 5.75 Å². The Labute approximate surface area is 117 Å². The Morgan fingerprint density at radius 3 is 2.47 bits per heavy atom. The molecule has 1 rings (SSSR count). The molecule has 0 aromatic heterocycles. The summed E-state index contributed by atoms with van der Waals surface area (Å²) in [5.41, 5.74) is 0. The second-order valence-electron chi connectivity index (χ2n) is 4.63. The fourth-order valence-electron chi connectivity index (χ4n) is 1.85. The molecule has 1 aromatic rings. The third-order valence-electron chi connectivity index (χ3n) is 3.00. The molecule has 2 atom stereocenters. The summed E-state index contributed by atoms with van der Waals surface area (Å²) in [7, 11) is -1.83. The Bertz CT molecular complexity index is 318. The maximum atomic E-state index is 9.83. The van der Waals surface area contributed by atoms with E-state index in [9.17, 15) is 4.89 Å². The Balaban J connectivity index is 2.26. The molecule has 1 aromatic carbocycles. The van der Waals surface area contributed by atoms with Crippen LogP contribution in [0.4, 0.5) is 0 Å². The van der Waals surface area contributed by atoms with Crippen molar-refractivity contribution in [1.82, 2.24) is 0 Å². The smallest absolute Gasteiger partial charge is 0.394 e. The monoisotopic (exact) mass is 284 g/mol. The van der Waals surface area contributed by atoms with Gasteiger partial charge in [0.2, 0.25) is 0 Å². The highest BCUT2D eigenvalue weighted by Gasteiger charge is 2.16. The van der Waals surface area contributed by atoms with Gasteiger partial charge < -0.3 is 9.42 Å². The molecule has 2 unspecified atom stereocenters. The van der Waals surface area contributed by atoms with E-state index in [2.05, 4.69) is 13.8 Å².